The van der Waals surface area contributed by atoms with Gasteiger partial charge in [0.2, 0.25) is 0 Å². The summed E-state index contributed by atoms with van der Waals surface area (Å²) in [6.45, 7) is 4.40. The standard InChI is InChI=1S/C15H24N4/c1-2-5-12-6-4-10-19(11-9-12)14-8-3-7-13(18-14)15(16)17/h3,7-8,12H,2,4-6,9-11H2,1H3,(H3,16,17). The summed E-state index contributed by atoms with van der Waals surface area (Å²) in [6, 6.07) is 5.75. The summed E-state index contributed by atoms with van der Waals surface area (Å²) in [7, 11) is 0. The average molecular weight is 260 g/mol. The Morgan fingerprint density at radius 1 is 1.42 bits per heavy atom. The molecule has 1 aliphatic heterocycles. The first kappa shape index (κ1) is 13.8. The monoisotopic (exact) mass is 260 g/mol. The number of nitrogens with one attached hydrogen (secondary N) is 1. The molecule has 0 saturated carbocycles. The molecule has 2 heterocycles. The zero-order chi connectivity index (χ0) is 13.7. The predicted octanol–water partition coefficient (Wildman–Crippen LogP) is 2.77. The molecule has 0 aromatic carbocycles. The van der Waals surface area contributed by atoms with Crippen molar-refractivity contribution in [3.8, 4) is 0 Å². The lowest BCUT2D eigenvalue weighted by molar-refractivity contribution is 0.435. The van der Waals surface area contributed by atoms with Gasteiger partial charge in [0.1, 0.15) is 17.3 Å². The third-order valence-electron chi connectivity index (χ3n) is 3.88. The highest BCUT2D eigenvalue weighted by molar-refractivity contribution is 5.93. The van der Waals surface area contributed by atoms with E-state index >= 15 is 0 Å². The van der Waals surface area contributed by atoms with Crippen molar-refractivity contribution in [2.24, 2.45) is 11.7 Å². The fraction of sp³-hybridized carbons (Fsp3) is 0.600. The quantitative estimate of drug-likeness (QED) is 0.646. The molecule has 1 aliphatic rings. The van der Waals surface area contributed by atoms with Crippen LogP contribution in [0.3, 0.4) is 0 Å². The molecule has 3 N–H and O–H groups in total. The van der Waals surface area contributed by atoms with Gasteiger partial charge in [0.05, 0.1) is 0 Å². The average Bonchev–Trinajstić information content (AvgIpc) is 2.65. The Labute approximate surface area is 115 Å². The van der Waals surface area contributed by atoms with Crippen LogP contribution in [0.25, 0.3) is 0 Å². The molecule has 2 rings (SSSR count). The number of hydrogen-bond donors (Lipinski definition) is 2. The van der Waals surface area contributed by atoms with Crippen LogP contribution in [0.15, 0.2) is 18.2 Å². The lowest BCUT2D eigenvalue weighted by Gasteiger charge is -2.22. The Balaban J connectivity index is 2.05. The first-order valence-corrected chi connectivity index (χ1v) is 7.27. The summed E-state index contributed by atoms with van der Waals surface area (Å²) in [5.41, 5.74) is 6.08. The number of rotatable bonds is 4. The molecule has 0 amide bonds. The zero-order valence-electron chi connectivity index (χ0n) is 11.7. The fourth-order valence-electron chi connectivity index (χ4n) is 2.84. The molecule has 1 aromatic rings. The van der Waals surface area contributed by atoms with Gasteiger partial charge >= 0.3 is 0 Å². The fourth-order valence-corrected chi connectivity index (χ4v) is 2.84. The number of hydrogen-bond acceptors (Lipinski definition) is 3. The van der Waals surface area contributed by atoms with Crippen LogP contribution in [0, 0.1) is 11.3 Å². The Kier molecular flexibility index (Phi) is 4.77. The van der Waals surface area contributed by atoms with Gasteiger partial charge in [-0.05, 0) is 37.3 Å². The van der Waals surface area contributed by atoms with Crippen LogP contribution in [0.4, 0.5) is 5.82 Å². The molecule has 0 bridgehead atoms. The Hall–Kier alpha value is -1.58. The maximum absolute atomic E-state index is 7.47. The van der Waals surface area contributed by atoms with Gasteiger partial charge in [0.25, 0.3) is 0 Å². The molecule has 1 unspecified atom stereocenters. The maximum Gasteiger partial charge on any atom is 0.141 e. The normalized spacial score (nSPS) is 20.1. The van der Waals surface area contributed by atoms with Gasteiger partial charge in [-0.25, -0.2) is 4.98 Å². The number of nitrogens with two attached hydrogens (primary N) is 1. The van der Waals surface area contributed by atoms with E-state index < -0.39 is 0 Å². The van der Waals surface area contributed by atoms with E-state index in [4.69, 9.17) is 11.1 Å². The van der Waals surface area contributed by atoms with Crippen molar-refractivity contribution in [1.29, 1.82) is 5.41 Å². The lowest BCUT2D eigenvalue weighted by Crippen LogP contribution is -2.26. The minimum Gasteiger partial charge on any atom is -0.382 e. The van der Waals surface area contributed by atoms with E-state index in [1.807, 2.05) is 12.1 Å². The molecule has 104 valence electrons. The van der Waals surface area contributed by atoms with Crippen molar-refractivity contribution in [1.82, 2.24) is 4.98 Å². The number of aromatic nitrogens is 1. The van der Waals surface area contributed by atoms with E-state index in [1.54, 1.807) is 6.07 Å². The van der Waals surface area contributed by atoms with Crippen molar-refractivity contribution in [3.05, 3.63) is 23.9 Å². The number of anilines is 1. The summed E-state index contributed by atoms with van der Waals surface area (Å²) in [5.74, 6) is 1.87. The van der Waals surface area contributed by atoms with E-state index in [2.05, 4.69) is 16.8 Å². The van der Waals surface area contributed by atoms with Gasteiger partial charge in [0, 0.05) is 13.1 Å². The molecular weight excluding hydrogens is 236 g/mol. The second-order valence-electron chi connectivity index (χ2n) is 5.37. The molecule has 1 fully saturated rings. The number of nitrogen functional groups attached to an aromatic ring is 1. The van der Waals surface area contributed by atoms with Crippen LogP contribution in [-0.4, -0.2) is 23.9 Å². The van der Waals surface area contributed by atoms with Crippen molar-refractivity contribution in [2.45, 2.75) is 39.0 Å². The van der Waals surface area contributed by atoms with E-state index in [-0.39, 0.29) is 5.84 Å². The first-order valence-electron chi connectivity index (χ1n) is 7.27. The van der Waals surface area contributed by atoms with Gasteiger partial charge in [-0.2, -0.15) is 0 Å². The maximum atomic E-state index is 7.47. The van der Waals surface area contributed by atoms with E-state index in [0.29, 0.717) is 5.69 Å². The molecule has 4 heteroatoms. The smallest absolute Gasteiger partial charge is 0.141 e. The van der Waals surface area contributed by atoms with Crippen LogP contribution in [0.5, 0.6) is 0 Å². The zero-order valence-corrected chi connectivity index (χ0v) is 11.7. The molecule has 0 aliphatic carbocycles. The topological polar surface area (TPSA) is 66.0 Å². The summed E-state index contributed by atoms with van der Waals surface area (Å²) in [5, 5.41) is 7.47. The van der Waals surface area contributed by atoms with Crippen molar-refractivity contribution >= 4 is 11.7 Å². The Bertz CT molecular complexity index is 430. The molecule has 0 spiro atoms. The van der Waals surface area contributed by atoms with Crippen LogP contribution in [0.1, 0.15) is 44.7 Å². The highest BCUT2D eigenvalue weighted by atomic mass is 15.2. The largest absolute Gasteiger partial charge is 0.382 e. The van der Waals surface area contributed by atoms with E-state index in [9.17, 15) is 0 Å². The molecule has 1 aromatic heterocycles. The van der Waals surface area contributed by atoms with Crippen molar-refractivity contribution in [2.75, 3.05) is 18.0 Å². The molecule has 1 atom stereocenters. The minimum absolute atomic E-state index is 0.0422. The molecule has 0 radical (unpaired) electrons. The van der Waals surface area contributed by atoms with E-state index in [0.717, 1.165) is 24.8 Å². The van der Waals surface area contributed by atoms with Gasteiger partial charge in [0.15, 0.2) is 0 Å². The van der Waals surface area contributed by atoms with Gasteiger partial charge in [-0.1, -0.05) is 25.8 Å². The second-order valence-corrected chi connectivity index (χ2v) is 5.37. The molecule has 1 saturated heterocycles. The van der Waals surface area contributed by atoms with Crippen LogP contribution < -0.4 is 10.6 Å². The van der Waals surface area contributed by atoms with Gasteiger partial charge in [-0.3, -0.25) is 5.41 Å². The molecule has 19 heavy (non-hydrogen) atoms. The number of amidine groups is 1. The highest BCUT2D eigenvalue weighted by Crippen LogP contribution is 2.24. The summed E-state index contributed by atoms with van der Waals surface area (Å²) in [4.78, 5) is 6.82. The van der Waals surface area contributed by atoms with Crippen LogP contribution >= 0.6 is 0 Å². The summed E-state index contributed by atoms with van der Waals surface area (Å²) in [6.07, 6.45) is 6.44. The first-order chi connectivity index (χ1) is 9.20. The van der Waals surface area contributed by atoms with Gasteiger partial charge < -0.3 is 10.6 Å². The second kappa shape index (κ2) is 6.55. The SMILES string of the molecule is CCCC1CCCN(c2cccc(C(=N)N)n2)CC1. The number of pyridine rings is 1. The van der Waals surface area contributed by atoms with Crippen molar-refractivity contribution < 1.29 is 0 Å². The molecular formula is C15H24N4. The van der Waals surface area contributed by atoms with Gasteiger partial charge in [-0.15, -0.1) is 0 Å². The highest BCUT2D eigenvalue weighted by Gasteiger charge is 2.17. The van der Waals surface area contributed by atoms with Crippen LogP contribution in [0.2, 0.25) is 0 Å². The van der Waals surface area contributed by atoms with Crippen molar-refractivity contribution in [3.63, 3.8) is 0 Å². The Morgan fingerprint density at radius 3 is 3.00 bits per heavy atom. The summed E-state index contributed by atoms with van der Waals surface area (Å²) < 4.78 is 0. The lowest BCUT2D eigenvalue weighted by atomic mass is 9.96. The summed E-state index contributed by atoms with van der Waals surface area (Å²) >= 11 is 0. The van der Waals surface area contributed by atoms with E-state index in [1.165, 1.54) is 32.1 Å². The molecule has 4 nitrogen and oxygen atoms in total. The van der Waals surface area contributed by atoms with Crippen LogP contribution in [-0.2, 0) is 0 Å². The predicted molar refractivity (Wildman–Crippen MR) is 79.7 cm³/mol. The number of nitrogens with zero attached hydrogens (tertiary/aromatic N) is 2. The minimum atomic E-state index is 0.0422. The third-order valence-corrected chi connectivity index (χ3v) is 3.88. The Morgan fingerprint density at radius 2 is 2.26 bits per heavy atom. The third kappa shape index (κ3) is 3.69.